The molecule has 2 heteroatoms. The number of hydrogen-bond donors (Lipinski definition) is 2. The second-order valence-corrected chi connectivity index (χ2v) is 2.85. The van der Waals surface area contributed by atoms with Crippen molar-refractivity contribution in [3.8, 4) is 0 Å². The third kappa shape index (κ3) is 4.48. The van der Waals surface area contributed by atoms with Crippen LogP contribution in [0.25, 0.3) is 0 Å². The zero-order valence-corrected chi connectivity index (χ0v) is 8.19. The Bertz CT molecular complexity index is 284. The Hall–Kier alpha value is -1.54. The predicted molar refractivity (Wildman–Crippen MR) is 61.6 cm³/mol. The molecule has 1 aromatic carbocycles. The molecule has 74 valence electrons. The Kier molecular flexibility index (Phi) is 5.21. The summed E-state index contributed by atoms with van der Waals surface area (Å²) in [6.45, 7) is 1.44. The monoisotopic (exact) mass is 188 g/mol. The summed E-state index contributed by atoms with van der Waals surface area (Å²) in [7, 11) is 0. The standard InChI is InChI=1S/C12H16N2/c13-10-11-14-12-8-6-4-2-1-3-5-7-9-12/h1-9,14H,10-11,13H2. The summed E-state index contributed by atoms with van der Waals surface area (Å²) in [5.74, 6) is 0. The minimum absolute atomic E-state index is 0.643. The molecular weight excluding hydrogens is 172 g/mol. The maximum atomic E-state index is 5.41. The molecule has 1 rings (SSSR count). The van der Waals surface area contributed by atoms with Crippen molar-refractivity contribution in [2.45, 2.75) is 0 Å². The molecule has 0 aromatic heterocycles. The van der Waals surface area contributed by atoms with Crippen LogP contribution in [0.4, 0.5) is 5.69 Å². The summed E-state index contributed by atoms with van der Waals surface area (Å²) in [4.78, 5) is 0. The molecule has 0 spiro atoms. The molecule has 3 N–H and O–H groups in total. The van der Waals surface area contributed by atoms with Gasteiger partial charge in [-0.25, -0.2) is 0 Å². The number of hydrogen-bond acceptors (Lipinski definition) is 2. The Morgan fingerprint density at radius 3 is 1.86 bits per heavy atom. The highest BCUT2D eigenvalue weighted by atomic mass is 14.9. The fraction of sp³-hybridized carbons (Fsp3) is 0.167. The topological polar surface area (TPSA) is 38.0 Å². The van der Waals surface area contributed by atoms with E-state index in [1.165, 1.54) is 0 Å². The van der Waals surface area contributed by atoms with Crippen LogP contribution in [-0.2, 0) is 0 Å². The van der Waals surface area contributed by atoms with Crippen LogP contribution < -0.4 is 11.1 Å². The lowest BCUT2D eigenvalue weighted by molar-refractivity contribution is 1.02. The minimum atomic E-state index is 0.643. The molecular formula is C12H16N2. The summed E-state index contributed by atoms with van der Waals surface area (Å²) in [6.07, 6.45) is 0. The van der Waals surface area contributed by atoms with Gasteiger partial charge in [0.1, 0.15) is 0 Å². The van der Waals surface area contributed by atoms with Gasteiger partial charge < -0.3 is 11.1 Å². The molecule has 0 fully saturated rings. The second kappa shape index (κ2) is 6.92. The number of nitrogens with two attached hydrogens (primary N) is 1. The highest BCUT2D eigenvalue weighted by Gasteiger charge is 1.82. The smallest absolute Gasteiger partial charge is 0.0340 e. The molecule has 14 heavy (non-hydrogen) atoms. The molecule has 0 unspecified atom stereocenters. The van der Waals surface area contributed by atoms with Crippen molar-refractivity contribution in [1.82, 2.24) is 0 Å². The highest BCUT2D eigenvalue weighted by Crippen LogP contribution is 2.00. The lowest BCUT2D eigenvalue weighted by Crippen LogP contribution is -2.12. The fourth-order valence-corrected chi connectivity index (χ4v) is 1.03. The van der Waals surface area contributed by atoms with Crippen molar-refractivity contribution >= 4 is 5.69 Å². The molecule has 1 aromatic rings. The first-order valence-corrected chi connectivity index (χ1v) is 4.76. The predicted octanol–water partition coefficient (Wildman–Crippen LogP) is 2.18. The molecule has 0 heterocycles. The Labute approximate surface area is 85.1 Å². The van der Waals surface area contributed by atoms with Gasteiger partial charge >= 0.3 is 0 Å². The van der Waals surface area contributed by atoms with Crippen molar-refractivity contribution in [3.63, 3.8) is 0 Å². The van der Waals surface area contributed by atoms with E-state index < -0.39 is 0 Å². The van der Waals surface area contributed by atoms with E-state index in [0.29, 0.717) is 6.54 Å². The quantitative estimate of drug-likeness (QED) is 0.763. The first-order chi connectivity index (χ1) is 6.93. The Morgan fingerprint density at radius 2 is 1.36 bits per heavy atom. The van der Waals surface area contributed by atoms with Gasteiger partial charge in [-0.05, 0) is 12.1 Å². The molecule has 0 aliphatic rings. The van der Waals surface area contributed by atoms with Gasteiger partial charge in [0.25, 0.3) is 0 Å². The molecule has 0 bridgehead atoms. The molecule has 2 nitrogen and oxygen atoms in total. The van der Waals surface area contributed by atoms with E-state index in [9.17, 15) is 0 Å². The van der Waals surface area contributed by atoms with Gasteiger partial charge in [-0.2, -0.15) is 0 Å². The van der Waals surface area contributed by atoms with Gasteiger partial charge in [-0.1, -0.05) is 42.5 Å². The van der Waals surface area contributed by atoms with E-state index in [2.05, 4.69) is 5.32 Å². The van der Waals surface area contributed by atoms with E-state index in [-0.39, 0.29) is 0 Å². The summed E-state index contributed by atoms with van der Waals surface area (Å²) in [5, 5.41) is 3.23. The van der Waals surface area contributed by atoms with Crippen LogP contribution in [0, 0.1) is 0 Å². The normalized spacial score (nSPS) is 8.93. The van der Waals surface area contributed by atoms with Crippen LogP contribution in [0.5, 0.6) is 0 Å². The summed E-state index contributed by atoms with van der Waals surface area (Å²) < 4.78 is 0. The zero-order valence-electron chi connectivity index (χ0n) is 8.19. The maximum Gasteiger partial charge on any atom is 0.0340 e. The van der Waals surface area contributed by atoms with Gasteiger partial charge in [-0.3, -0.25) is 0 Å². The molecule has 0 amide bonds. The highest BCUT2D eigenvalue weighted by molar-refractivity contribution is 5.40. The van der Waals surface area contributed by atoms with Crippen LogP contribution in [0.15, 0.2) is 54.6 Å². The van der Waals surface area contributed by atoms with E-state index >= 15 is 0 Å². The number of nitrogens with one attached hydrogen (secondary N) is 1. The molecule has 0 saturated carbocycles. The SMILES string of the molecule is NCCNc1ccccccccc1. The summed E-state index contributed by atoms with van der Waals surface area (Å²) in [5.41, 5.74) is 6.49. The van der Waals surface area contributed by atoms with Gasteiger partial charge in [-0.15, -0.1) is 0 Å². The van der Waals surface area contributed by atoms with Gasteiger partial charge in [0.05, 0.1) is 0 Å². The molecule has 0 aliphatic carbocycles. The summed E-state index contributed by atoms with van der Waals surface area (Å²) >= 11 is 0. The van der Waals surface area contributed by atoms with Crippen LogP contribution in [-0.4, -0.2) is 13.1 Å². The average molecular weight is 188 g/mol. The second-order valence-electron chi connectivity index (χ2n) is 2.85. The molecule has 0 radical (unpaired) electrons. The van der Waals surface area contributed by atoms with Crippen LogP contribution in [0.2, 0.25) is 0 Å². The van der Waals surface area contributed by atoms with Crippen LogP contribution >= 0.6 is 0 Å². The average Bonchev–Trinajstić information content (AvgIpc) is 2.23. The molecule has 0 atom stereocenters. The van der Waals surface area contributed by atoms with Crippen molar-refractivity contribution in [2.24, 2.45) is 5.73 Å². The van der Waals surface area contributed by atoms with Crippen LogP contribution in [0.1, 0.15) is 0 Å². The van der Waals surface area contributed by atoms with Gasteiger partial charge in [0.2, 0.25) is 0 Å². The third-order valence-electron chi connectivity index (χ3n) is 1.69. The van der Waals surface area contributed by atoms with E-state index in [4.69, 9.17) is 5.73 Å². The van der Waals surface area contributed by atoms with Gasteiger partial charge in [0.15, 0.2) is 0 Å². The first-order valence-electron chi connectivity index (χ1n) is 4.76. The lowest BCUT2D eigenvalue weighted by atomic mass is 10.3. The van der Waals surface area contributed by atoms with E-state index in [1.807, 2.05) is 54.6 Å². The van der Waals surface area contributed by atoms with E-state index in [0.717, 1.165) is 12.2 Å². The largest absolute Gasteiger partial charge is 0.384 e. The van der Waals surface area contributed by atoms with Crippen molar-refractivity contribution < 1.29 is 0 Å². The third-order valence-corrected chi connectivity index (χ3v) is 1.69. The molecule has 0 saturated heterocycles. The number of rotatable bonds is 3. The van der Waals surface area contributed by atoms with E-state index in [1.54, 1.807) is 0 Å². The number of anilines is 1. The van der Waals surface area contributed by atoms with Crippen molar-refractivity contribution in [2.75, 3.05) is 18.4 Å². The minimum Gasteiger partial charge on any atom is -0.384 e. The van der Waals surface area contributed by atoms with Crippen molar-refractivity contribution in [3.05, 3.63) is 54.6 Å². The Balaban J connectivity index is 2.84. The zero-order chi connectivity index (χ0) is 10.1. The Morgan fingerprint density at radius 1 is 0.857 bits per heavy atom. The van der Waals surface area contributed by atoms with Crippen molar-refractivity contribution in [1.29, 1.82) is 0 Å². The van der Waals surface area contributed by atoms with Crippen LogP contribution in [0.3, 0.4) is 0 Å². The fourth-order valence-electron chi connectivity index (χ4n) is 1.03. The first kappa shape index (κ1) is 10.5. The molecule has 0 aliphatic heterocycles. The van der Waals surface area contributed by atoms with Gasteiger partial charge in [0, 0.05) is 18.8 Å². The maximum absolute atomic E-state index is 5.41. The summed E-state index contributed by atoms with van der Waals surface area (Å²) in [6, 6.07) is 18.0. The lowest BCUT2D eigenvalue weighted by Gasteiger charge is -2.00.